The molecule has 0 aliphatic heterocycles. The Kier molecular flexibility index (Phi) is 5.56. The van der Waals surface area contributed by atoms with Crippen LogP contribution in [0.15, 0.2) is 79.1 Å². The van der Waals surface area contributed by atoms with Gasteiger partial charge in [0, 0.05) is 23.6 Å². The van der Waals surface area contributed by atoms with E-state index in [1.165, 1.54) is 12.3 Å². The van der Waals surface area contributed by atoms with Crippen LogP contribution in [0.5, 0.6) is 0 Å². The Balaban J connectivity index is 1.72. The van der Waals surface area contributed by atoms with Gasteiger partial charge in [0.2, 0.25) is 0 Å². The van der Waals surface area contributed by atoms with Gasteiger partial charge in [-0.2, -0.15) is 0 Å². The van der Waals surface area contributed by atoms with Crippen LogP contribution < -0.4 is 5.32 Å². The third kappa shape index (κ3) is 4.43. The van der Waals surface area contributed by atoms with Crippen LogP contribution in [-0.2, 0) is 0 Å². The number of benzene rings is 2. The maximum Gasteiger partial charge on any atom is 0.257 e. The predicted molar refractivity (Wildman–Crippen MR) is 103 cm³/mol. The first-order chi connectivity index (χ1) is 12.6. The molecule has 1 heterocycles. The van der Waals surface area contributed by atoms with Gasteiger partial charge in [0.05, 0.1) is 10.6 Å². The fourth-order valence-electron chi connectivity index (χ4n) is 2.34. The molecule has 1 amide bonds. The maximum atomic E-state index is 12.3. The summed E-state index contributed by atoms with van der Waals surface area (Å²) in [4.78, 5) is 28.3. The highest BCUT2D eigenvalue weighted by atomic mass is 35.5. The van der Waals surface area contributed by atoms with E-state index in [0.717, 1.165) is 5.56 Å². The van der Waals surface area contributed by atoms with E-state index >= 15 is 0 Å². The van der Waals surface area contributed by atoms with Gasteiger partial charge < -0.3 is 5.32 Å². The molecule has 0 aliphatic rings. The zero-order valence-corrected chi connectivity index (χ0v) is 14.5. The van der Waals surface area contributed by atoms with Gasteiger partial charge in [-0.1, -0.05) is 41.9 Å². The van der Waals surface area contributed by atoms with Gasteiger partial charge in [0.1, 0.15) is 0 Å². The number of pyridine rings is 1. The molecule has 0 unspecified atom stereocenters. The van der Waals surface area contributed by atoms with Crippen LogP contribution in [-0.4, -0.2) is 16.7 Å². The smallest absolute Gasteiger partial charge is 0.257 e. The van der Waals surface area contributed by atoms with Crippen LogP contribution in [0.3, 0.4) is 0 Å². The molecule has 4 nitrogen and oxygen atoms in total. The number of anilines is 1. The Bertz CT molecular complexity index is 969. The molecule has 0 fully saturated rings. The van der Waals surface area contributed by atoms with E-state index in [2.05, 4.69) is 10.3 Å². The lowest BCUT2D eigenvalue weighted by Crippen LogP contribution is -2.12. The molecule has 0 spiro atoms. The lowest BCUT2D eigenvalue weighted by molar-refractivity contribution is 0.102. The molecule has 0 saturated carbocycles. The third-order valence-corrected chi connectivity index (χ3v) is 3.97. The van der Waals surface area contributed by atoms with Gasteiger partial charge in [-0.05, 0) is 48.0 Å². The van der Waals surface area contributed by atoms with Crippen molar-refractivity contribution in [3.8, 4) is 0 Å². The summed E-state index contributed by atoms with van der Waals surface area (Å²) in [5, 5.41) is 3.20. The largest absolute Gasteiger partial charge is 0.322 e. The van der Waals surface area contributed by atoms with Crippen molar-refractivity contribution in [3.05, 3.63) is 101 Å². The van der Waals surface area contributed by atoms with Crippen LogP contribution in [0.2, 0.25) is 5.02 Å². The number of carbonyl (C=O) groups excluding carboxylic acids is 2. The molecule has 3 aromatic rings. The highest BCUT2D eigenvalue weighted by Gasteiger charge is 2.09. The summed E-state index contributed by atoms with van der Waals surface area (Å²) in [6.07, 6.45) is 6.31. The fraction of sp³-hybridized carbons (Fsp3) is 0. The summed E-state index contributed by atoms with van der Waals surface area (Å²) in [6, 6.07) is 17.5. The molecule has 26 heavy (non-hydrogen) atoms. The number of ketones is 1. The minimum absolute atomic E-state index is 0.136. The average molecular weight is 363 g/mol. The summed E-state index contributed by atoms with van der Waals surface area (Å²) in [5.74, 6) is -0.424. The number of amides is 1. The van der Waals surface area contributed by atoms with Crippen molar-refractivity contribution in [2.45, 2.75) is 0 Å². The van der Waals surface area contributed by atoms with Gasteiger partial charge >= 0.3 is 0 Å². The van der Waals surface area contributed by atoms with E-state index in [4.69, 9.17) is 11.6 Å². The SMILES string of the molecule is O=C(C=Cc1cccc(NC(=O)c2ccccc2Cl)c1)c1cccnc1. The standard InChI is InChI=1S/C21H15ClN2O2/c22-19-9-2-1-8-18(19)21(26)24-17-7-3-5-15(13-17)10-11-20(25)16-6-4-12-23-14-16/h1-14H,(H,24,26). The highest BCUT2D eigenvalue weighted by molar-refractivity contribution is 6.34. The average Bonchev–Trinajstić information content (AvgIpc) is 2.67. The first-order valence-corrected chi connectivity index (χ1v) is 8.30. The summed E-state index contributed by atoms with van der Waals surface area (Å²) >= 11 is 6.04. The van der Waals surface area contributed by atoms with Crippen molar-refractivity contribution in [2.24, 2.45) is 0 Å². The van der Waals surface area contributed by atoms with Crippen LogP contribution in [0.25, 0.3) is 6.08 Å². The van der Waals surface area contributed by atoms with Crippen LogP contribution in [0.4, 0.5) is 5.69 Å². The number of hydrogen-bond donors (Lipinski definition) is 1. The van der Waals surface area contributed by atoms with Gasteiger partial charge in [-0.15, -0.1) is 0 Å². The molecule has 0 bridgehead atoms. The van der Waals surface area contributed by atoms with Gasteiger partial charge in [-0.25, -0.2) is 0 Å². The normalized spacial score (nSPS) is 10.7. The highest BCUT2D eigenvalue weighted by Crippen LogP contribution is 2.18. The number of aromatic nitrogens is 1. The molecule has 1 N–H and O–H groups in total. The molecule has 3 rings (SSSR count). The van der Waals surface area contributed by atoms with Crippen LogP contribution >= 0.6 is 11.6 Å². The summed E-state index contributed by atoms with van der Waals surface area (Å²) < 4.78 is 0. The Morgan fingerprint density at radius 1 is 1.00 bits per heavy atom. The Hall–Kier alpha value is -3.24. The Morgan fingerprint density at radius 2 is 1.85 bits per heavy atom. The summed E-state index contributed by atoms with van der Waals surface area (Å²) in [6.45, 7) is 0. The minimum Gasteiger partial charge on any atom is -0.322 e. The van der Waals surface area contributed by atoms with E-state index < -0.39 is 0 Å². The molecule has 1 aromatic heterocycles. The van der Waals surface area contributed by atoms with E-state index in [9.17, 15) is 9.59 Å². The number of hydrogen-bond acceptors (Lipinski definition) is 3. The number of allylic oxidation sites excluding steroid dienone is 1. The van der Waals surface area contributed by atoms with Crippen molar-refractivity contribution in [2.75, 3.05) is 5.32 Å². The molecule has 128 valence electrons. The molecule has 2 aromatic carbocycles. The van der Waals surface area contributed by atoms with Crippen LogP contribution in [0, 0.1) is 0 Å². The van der Waals surface area contributed by atoms with E-state index in [1.807, 2.05) is 6.07 Å². The first kappa shape index (κ1) is 17.6. The number of nitrogens with zero attached hydrogens (tertiary/aromatic N) is 1. The molecular weight excluding hydrogens is 348 g/mol. The number of rotatable bonds is 5. The lowest BCUT2D eigenvalue weighted by atomic mass is 10.1. The Labute approximate surface area is 156 Å². The maximum absolute atomic E-state index is 12.3. The molecule has 0 saturated heterocycles. The number of halogens is 1. The molecular formula is C21H15ClN2O2. The van der Waals surface area contributed by atoms with E-state index in [-0.39, 0.29) is 11.7 Å². The molecule has 0 atom stereocenters. The third-order valence-electron chi connectivity index (χ3n) is 3.64. The summed E-state index contributed by atoms with van der Waals surface area (Å²) in [7, 11) is 0. The van der Waals surface area contributed by atoms with Crippen LogP contribution in [0.1, 0.15) is 26.3 Å². The quantitative estimate of drug-likeness (QED) is 0.519. The van der Waals surface area contributed by atoms with Crippen molar-refractivity contribution in [1.29, 1.82) is 0 Å². The summed E-state index contributed by atoms with van der Waals surface area (Å²) in [5.41, 5.74) is 2.33. The first-order valence-electron chi connectivity index (χ1n) is 7.92. The zero-order chi connectivity index (χ0) is 18.4. The van der Waals surface area contributed by atoms with Crippen molar-refractivity contribution >= 4 is 35.1 Å². The Morgan fingerprint density at radius 3 is 2.62 bits per heavy atom. The number of nitrogens with one attached hydrogen (secondary N) is 1. The van der Waals surface area contributed by atoms with Gasteiger partial charge in [0.15, 0.2) is 5.78 Å². The fourth-order valence-corrected chi connectivity index (χ4v) is 2.56. The minimum atomic E-state index is -0.289. The van der Waals surface area contributed by atoms with Gasteiger partial charge in [0.25, 0.3) is 5.91 Å². The van der Waals surface area contributed by atoms with Crippen molar-refractivity contribution in [3.63, 3.8) is 0 Å². The zero-order valence-electron chi connectivity index (χ0n) is 13.7. The lowest BCUT2D eigenvalue weighted by Gasteiger charge is -2.07. The van der Waals surface area contributed by atoms with Crippen molar-refractivity contribution < 1.29 is 9.59 Å². The predicted octanol–water partition coefficient (Wildman–Crippen LogP) is 4.88. The molecule has 0 aliphatic carbocycles. The number of carbonyl (C=O) groups is 2. The van der Waals surface area contributed by atoms with Crippen molar-refractivity contribution in [1.82, 2.24) is 4.98 Å². The monoisotopic (exact) mass is 362 g/mol. The molecule has 0 radical (unpaired) electrons. The van der Waals surface area contributed by atoms with Gasteiger partial charge in [-0.3, -0.25) is 14.6 Å². The van der Waals surface area contributed by atoms with E-state index in [0.29, 0.717) is 21.8 Å². The second-order valence-corrected chi connectivity index (χ2v) is 5.91. The second-order valence-electron chi connectivity index (χ2n) is 5.50. The second kappa shape index (κ2) is 8.23. The topological polar surface area (TPSA) is 59.1 Å². The molecule has 5 heteroatoms. The van der Waals surface area contributed by atoms with E-state index in [1.54, 1.807) is 66.9 Å².